The second-order valence-corrected chi connectivity index (χ2v) is 6.89. The molecular weight excluding hydrogens is 338 g/mol. The van der Waals surface area contributed by atoms with Crippen LogP contribution < -0.4 is 0 Å². The molecule has 0 unspecified atom stereocenters. The number of likely N-dealkylation sites (tertiary alicyclic amines) is 1. The molecule has 1 heterocycles. The lowest BCUT2D eigenvalue weighted by Gasteiger charge is -2.36. The van der Waals surface area contributed by atoms with Crippen LogP contribution in [-0.2, 0) is 19.9 Å². The molecule has 4 heteroatoms. The predicted molar refractivity (Wildman–Crippen MR) is 107 cm³/mol. The van der Waals surface area contributed by atoms with Gasteiger partial charge >= 0.3 is 5.97 Å². The van der Waals surface area contributed by atoms with E-state index in [2.05, 4.69) is 11.8 Å². The van der Waals surface area contributed by atoms with Gasteiger partial charge in [0.15, 0.2) is 0 Å². The highest BCUT2D eigenvalue weighted by Crippen LogP contribution is 2.36. The molecule has 1 fully saturated rings. The van der Waals surface area contributed by atoms with E-state index in [1.165, 1.54) is 0 Å². The average molecular weight is 367 g/mol. The number of carbonyl (C=O) groups excluding carboxylic acids is 1. The fraction of sp³-hybridized carbons (Fsp3) is 0.435. The first-order chi connectivity index (χ1) is 13.2. The first-order valence-electron chi connectivity index (χ1n) is 9.89. The summed E-state index contributed by atoms with van der Waals surface area (Å²) < 4.78 is 12.2. The molecule has 0 atom stereocenters. The largest absolute Gasteiger partial charge is 0.460 e. The van der Waals surface area contributed by atoms with Crippen LogP contribution in [0.25, 0.3) is 0 Å². The number of hydrogen-bond donors (Lipinski definition) is 0. The Kier molecular flexibility index (Phi) is 6.64. The maximum atomic E-state index is 13.5. The van der Waals surface area contributed by atoms with Crippen LogP contribution in [0.3, 0.4) is 0 Å². The minimum absolute atomic E-state index is 0.0624. The van der Waals surface area contributed by atoms with Crippen molar-refractivity contribution in [3.63, 3.8) is 0 Å². The molecule has 2 aromatic rings. The summed E-state index contributed by atoms with van der Waals surface area (Å²) in [6.07, 6.45) is 1.67. The summed E-state index contributed by atoms with van der Waals surface area (Å²) in [7, 11) is 0. The van der Waals surface area contributed by atoms with Gasteiger partial charge in [0.2, 0.25) is 5.60 Å². The van der Waals surface area contributed by atoms with Crippen LogP contribution in [0.1, 0.15) is 37.8 Å². The molecule has 3 rings (SSSR count). The summed E-state index contributed by atoms with van der Waals surface area (Å²) in [4.78, 5) is 15.9. The van der Waals surface area contributed by atoms with Gasteiger partial charge in [0.1, 0.15) is 6.10 Å². The predicted octanol–water partition coefficient (Wildman–Crippen LogP) is 3.99. The number of benzene rings is 2. The van der Waals surface area contributed by atoms with Crippen LogP contribution in [0.5, 0.6) is 0 Å². The Morgan fingerprint density at radius 1 is 0.963 bits per heavy atom. The molecule has 0 N–H and O–H groups in total. The second-order valence-electron chi connectivity index (χ2n) is 6.89. The van der Waals surface area contributed by atoms with Crippen molar-refractivity contribution in [2.45, 2.75) is 38.4 Å². The van der Waals surface area contributed by atoms with Crippen molar-refractivity contribution in [3.05, 3.63) is 71.8 Å². The lowest BCUT2D eigenvalue weighted by molar-refractivity contribution is -0.175. The van der Waals surface area contributed by atoms with E-state index in [4.69, 9.17) is 9.47 Å². The Morgan fingerprint density at radius 2 is 1.48 bits per heavy atom. The average Bonchev–Trinajstić information content (AvgIpc) is 2.74. The van der Waals surface area contributed by atoms with Crippen molar-refractivity contribution in [2.75, 3.05) is 26.2 Å². The van der Waals surface area contributed by atoms with E-state index in [1.807, 2.05) is 67.6 Å². The van der Waals surface area contributed by atoms with E-state index in [0.717, 1.165) is 43.6 Å². The fourth-order valence-corrected chi connectivity index (χ4v) is 3.77. The van der Waals surface area contributed by atoms with Crippen molar-refractivity contribution in [3.8, 4) is 0 Å². The van der Waals surface area contributed by atoms with E-state index in [1.54, 1.807) is 0 Å². The minimum Gasteiger partial charge on any atom is -0.460 e. The number of nitrogens with zero attached hydrogens (tertiary/aromatic N) is 1. The first-order valence-corrected chi connectivity index (χ1v) is 9.89. The molecule has 27 heavy (non-hydrogen) atoms. The smallest absolute Gasteiger partial charge is 0.348 e. The lowest BCUT2D eigenvalue weighted by Crippen LogP contribution is -2.45. The van der Waals surface area contributed by atoms with Crippen LogP contribution in [0, 0.1) is 0 Å². The quantitative estimate of drug-likeness (QED) is 0.694. The topological polar surface area (TPSA) is 38.8 Å². The summed E-state index contributed by atoms with van der Waals surface area (Å²) in [6.45, 7) is 7.45. The first kappa shape index (κ1) is 19.6. The molecule has 1 aliphatic heterocycles. The van der Waals surface area contributed by atoms with Crippen LogP contribution in [0.2, 0.25) is 0 Å². The van der Waals surface area contributed by atoms with Gasteiger partial charge in [-0.1, -0.05) is 67.6 Å². The van der Waals surface area contributed by atoms with Crippen molar-refractivity contribution in [1.82, 2.24) is 4.90 Å². The third kappa shape index (κ3) is 4.23. The highest BCUT2D eigenvalue weighted by molar-refractivity contribution is 5.86. The Morgan fingerprint density at radius 3 is 1.93 bits per heavy atom. The zero-order chi connectivity index (χ0) is 19.1. The molecule has 4 nitrogen and oxygen atoms in total. The van der Waals surface area contributed by atoms with Crippen LogP contribution >= 0.6 is 0 Å². The van der Waals surface area contributed by atoms with E-state index in [-0.39, 0.29) is 12.1 Å². The number of piperidine rings is 1. The summed E-state index contributed by atoms with van der Waals surface area (Å²) in [5, 5.41) is 0. The van der Waals surface area contributed by atoms with Gasteiger partial charge in [0.05, 0.1) is 0 Å². The van der Waals surface area contributed by atoms with Gasteiger partial charge in [0.25, 0.3) is 0 Å². The summed E-state index contributed by atoms with van der Waals surface area (Å²) in [6, 6.07) is 19.3. The minimum atomic E-state index is -1.24. The monoisotopic (exact) mass is 367 g/mol. The number of rotatable bonds is 7. The molecule has 144 valence electrons. The Bertz CT molecular complexity index is 669. The summed E-state index contributed by atoms with van der Waals surface area (Å²) in [5.41, 5.74) is 0.363. The van der Waals surface area contributed by atoms with Crippen LogP contribution in [-0.4, -0.2) is 43.2 Å². The van der Waals surface area contributed by atoms with Crippen LogP contribution in [0.4, 0.5) is 0 Å². The molecule has 0 amide bonds. The maximum Gasteiger partial charge on any atom is 0.348 e. The molecule has 2 aromatic carbocycles. The number of esters is 1. The van der Waals surface area contributed by atoms with Gasteiger partial charge in [0, 0.05) is 19.7 Å². The third-order valence-electron chi connectivity index (χ3n) is 5.26. The van der Waals surface area contributed by atoms with Gasteiger partial charge in [-0.2, -0.15) is 0 Å². The second kappa shape index (κ2) is 9.16. The zero-order valence-corrected chi connectivity index (χ0v) is 16.3. The van der Waals surface area contributed by atoms with E-state index < -0.39 is 5.60 Å². The van der Waals surface area contributed by atoms with Gasteiger partial charge in [-0.15, -0.1) is 0 Å². The van der Waals surface area contributed by atoms with Crippen molar-refractivity contribution < 1.29 is 14.3 Å². The SMILES string of the molecule is CCOC(C(=O)OC1CCN(CC)CC1)(c1ccccc1)c1ccccc1. The highest BCUT2D eigenvalue weighted by Gasteiger charge is 2.45. The Labute approximate surface area is 162 Å². The normalized spacial score (nSPS) is 16.2. The summed E-state index contributed by atoms with van der Waals surface area (Å²) in [5.74, 6) is -0.323. The molecule has 0 radical (unpaired) electrons. The third-order valence-corrected chi connectivity index (χ3v) is 5.26. The van der Waals surface area contributed by atoms with E-state index in [0.29, 0.717) is 6.61 Å². The highest BCUT2D eigenvalue weighted by atomic mass is 16.6. The number of ether oxygens (including phenoxy) is 2. The molecule has 1 aliphatic rings. The van der Waals surface area contributed by atoms with Gasteiger partial charge in [-0.3, -0.25) is 0 Å². The molecule has 0 spiro atoms. The fourth-order valence-electron chi connectivity index (χ4n) is 3.77. The van der Waals surface area contributed by atoms with Crippen LogP contribution in [0.15, 0.2) is 60.7 Å². The van der Waals surface area contributed by atoms with Gasteiger partial charge in [-0.25, -0.2) is 4.79 Å². The maximum absolute atomic E-state index is 13.5. The molecule has 0 aromatic heterocycles. The zero-order valence-electron chi connectivity index (χ0n) is 16.3. The number of carbonyl (C=O) groups is 1. The van der Waals surface area contributed by atoms with Gasteiger partial charge in [-0.05, 0) is 37.4 Å². The lowest BCUT2D eigenvalue weighted by atomic mass is 9.85. The van der Waals surface area contributed by atoms with Gasteiger partial charge < -0.3 is 14.4 Å². The summed E-state index contributed by atoms with van der Waals surface area (Å²) >= 11 is 0. The van der Waals surface area contributed by atoms with Crippen molar-refractivity contribution in [1.29, 1.82) is 0 Å². The Balaban J connectivity index is 1.93. The molecule has 1 saturated heterocycles. The van der Waals surface area contributed by atoms with Crippen molar-refractivity contribution in [2.24, 2.45) is 0 Å². The molecular formula is C23H29NO3. The van der Waals surface area contributed by atoms with E-state index in [9.17, 15) is 4.79 Å². The van der Waals surface area contributed by atoms with Crippen molar-refractivity contribution >= 4 is 5.97 Å². The molecule has 0 saturated carbocycles. The number of hydrogen-bond acceptors (Lipinski definition) is 4. The standard InChI is InChI=1S/C23H29NO3/c1-3-24-17-15-21(16-18-24)27-22(25)23(26-4-2,19-11-7-5-8-12-19)20-13-9-6-10-14-20/h5-14,21H,3-4,15-18H2,1-2H3. The molecule has 0 aliphatic carbocycles. The van der Waals surface area contributed by atoms with E-state index >= 15 is 0 Å². The molecule has 0 bridgehead atoms. The Hall–Kier alpha value is -2.17.